The summed E-state index contributed by atoms with van der Waals surface area (Å²) in [6, 6.07) is 12.8. The number of amides is 1. The van der Waals surface area contributed by atoms with Gasteiger partial charge >= 0.3 is 0 Å². The molecule has 3 nitrogen and oxygen atoms in total. The van der Waals surface area contributed by atoms with E-state index in [0.717, 1.165) is 13.0 Å². The molecule has 122 valence electrons. The zero-order valence-electron chi connectivity index (χ0n) is 14.0. The maximum absolute atomic E-state index is 12.7. The van der Waals surface area contributed by atoms with E-state index >= 15 is 0 Å². The summed E-state index contributed by atoms with van der Waals surface area (Å²) in [4.78, 5) is 18.4. The van der Waals surface area contributed by atoms with Gasteiger partial charge in [0.15, 0.2) is 0 Å². The van der Waals surface area contributed by atoms with Crippen molar-refractivity contribution in [3.8, 4) is 0 Å². The molecule has 2 heterocycles. The molecule has 23 heavy (non-hydrogen) atoms. The van der Waals surface area contributed by atoms with Crippen LogP contribution in [0.3, 0.4) is 0 Å². The first-order valence-corrected chi connectivity index (χ1v) is 9.07. The Morgan fingerprint density at radius 1 is 1.35 bits per heavy atom. The molecule has 0 radical (unpaired) electrons. The number of nitrogens with zero attached hydrogens (tertiary/aromatic N) is 2. The molecule has 4 heteroatoms. The van der Waals surface area contributed by atoms with Gasteiger partial charge in [0.2, 0.25) is 5.91 Å². The van der Waals surface area contributed by atoms with Gasteiger partial charge in [-0.1, -0.05) is 30.3 Å². The molecule has 1 amide bonds. The van der Waals surface area contributed by atoms with Gasteiger partial charge in [-0.15, -0.1) is 11.3 Å². The molecule has 2 aromatic rings. The Kier molecular flexibility index (Phi) is 4.83. The van der Waals surface area contributed by atoms with E-state index in [0.29, 0.717) is 12.6 Å². The Morgan fingerprint density at radius 2 is 2.09 bits per heavy atom. The maximum atomic E-state index is 12.7. The van der Waals surface area contributed by atoms with Crippen LogP contribution >= 0.6 is 11.3 Å². The second-order valence-electron chi connectivity index (χ2n) is 6.29. The molecule has 0 spiro atoms. The summed E-state index contributed by atoms with van der Waals surface area (Å²) >= 11 is 1.84. The van der Waals surface area contributed by atoms with Crippen molar-refractivity contribution in [3.05, 3.63) is 57.8 Å². The van der Waals surface area contributed by atoms with Crippen LogP contribution in [0.5, 0.6) is 0 Å². The van der Waals surface area contributed by atoms with E-state index in [1.165, 1.54) is 16.0 Å². The van der Waals surface area contributed by atoms with Gasteiger partial charge in [0.25, 0.3) is 0 Å². The Hall–Kier alpha value is -1.65. The quantitative estimate of drug-likeness (QED) is 0.850. The first-order chi connectivity index (χ1) is 11.1. The molecule has 0 fully saturated rings. The van der Waals surface area contributed by atoms with E-state index in [9.17, 15) is 4.79 Å². The first-order valence-electron chi connectivity index (χ1n) is 8.19. The molecule has 0 saturated heterocycles. The summed E-state index contributed by atoms with van der Waals surface area (Å²) in [7, 11) is 1.91. The Labute approximate surface area is 142 Å². The Bertz CT molecular complexity index is 667. The number of benzene rings is 1. The average Bonchev–Trinajstić information content (AvgIpc) is 3.06. The van der Waals surface area contributed by atoms with Crippen LogP contribution in [-0.4, -0.2) is 35.8 Å². The van der Waals surface area contributed by atoms with E-state index in [2.05, 4.69) is 42.3 Å². The highest BCUT2D eigenvalue weighted by Crippen LogP contribution is 2.32. The third kappa shape index (κ3) is 3.33. The van der Waals surface area contributed by atoms with Gasteiger partial charge in [0.1, 0.15) is 0 Å². The fourth-order valence-electron chi connectivity index (χ4n) is 3.23. The third-order valence-corrected chi connectivity index (χ3v) is 5.99. The number of carbonyl (C=O) groups excluding carboxylic acids is 1. The van der Waals surface area contributed by atoms with Crippen LogP contribution in [0.25, 0.3) is 0 Å². The van der Waals surface area contributed by atoms with Gasteiger partial charge in [-0.25, -0.2) is 0 Å². The highest BCUT2D eigenvalue weighted by molar-refractivity contribution is 7.10. The van der Waals surface area contributed by atoms with Crippen molar-refractivity contribution in [1.82, 2.24) is 9.80 Å². The molecule has 2 unspecified atom stereocenters. The van der Waals surface area contributed by atoms with Gasteiger partial charge in [-0.05, 0) is 42.8 Å². The van der Waals surface area contributed by atoms with E-state index in [-0.39, 0.29) is 11.9 Å². The minimum Gasteiger partial charge on any atom is -0.338 e. The molecular formula is C19H24N2OS. The van der Waals surface area contributed by atoms with Gasteiger partial charge in [0, 0.05) is 24.5 Å². The summed E-state index contributed by atoms with van der Waals surface area (Å²) in [5.41, 5.74) is 2.57. The highest BCUT2D eigenvalue weighted by atomic mass is 32.1. The van der Waals surface area contributed by atoms with Crippen LogP contribution in [0, 0.1) is 0 Å². The second kappa shape index (κ2) is 6.85. The molecule has 1 aromatic carbocycles. The maximum Gasteiger partial charge on any atom is 0.237 e. The van der Waals surface area contributed by atoms with Crippen molar-refractivity contribution in [2.24, 2.45) is 0 Å². The fraction of sp³-hybridized carbons (Fsp3) is 0.421. The zero-order valence-corrected chi connectivity index (χ0v) is 14.8. The van der Waals surface area contributed by atoms with Crippen molar-refractivity contribution < 1.29 is 4.79 Å². The molecular weight excluding hydrogens is 304 g/mol. The minimum absolute atomic E-state index is 0.0977. The summed E-state index contributed by atoms with van der Waals surface area (Å²) in [5.74, 6) is 0.187. The Morgan fingerprint density at radius 3 is 2.83 bits per heavy atom. The lowest BCUT2D eigenvalue weighted by Gasteiger charge is -2.35. The fourth-order valence-corrected chi connectivity index (χ4v) is 4.20. The monoisotopic (exact) mass is 328 g/mol. The van der Waals surface area contributed by atoms with Crippen molar-refractivity contribution in [2.75, 3.05) is 20.1 Å². The predicted molar refractivity (Wildman–Crippen MR) is 95.6 cm³/mol. The molecule has 3 rings (SSSR count). The number of carbonyl (C=O) groups is 1. The van der Waals surface area contributed by atoms with Crippen LogP contribution in [0.1, 0.15) is 41.9 Å². The van der Waals surface area contributed by atoms with E-state index in [1.54, 1.807) is 0 Å². The molecule has 1 aromatic heterocycles. The molecule has 0 saturated carbocycles. The van der Waals surface area contributed by atoms with Crippen LogP contribution in [0.15, 0.2) is 41.8 Å². The van der Waals surface area contributed by atoms with Crippen LogP contribution in [0.4, 0.5) is 0 Å². The first kappa shape index (κ1) is 16.2. The molecule has 1 aliphatic rings. The largest absolute Gasteiger partial charge is 0.338 e. The molecule has 2 atom stereocenters. The summed E-state index contributed by atoms with van der Waals surface area (Å²) < 4.78 is 0. The highest BCUT2D eigenvalue weighted by Gasteiger charge is 2.28. The van der Waals surface area contributed by atoms with Gasteiger partial charge < -0.3 is 4.90 Å². The number of hydrogen-bond donors (Lipinski definition) is 0. The zero-order chi connectivity index (χ0) is 16.4. The summed E-state index contributed by atoms with van der Waals surface area (Å²) in [5, 5.41) is 2.16. The lowest BCUT2D eigenvalue weighted by Crippen LogP contribution is -2.42. The molecule has 0 N–H and O–H groups in total. The van der Waals surface area contributed by atoms with Crippen molar-refractivity contribution in [3.63, 3.8) is 0 Å². The number of likely N-dealkylation sites (N-methyl/N-ethyl adjacent to an activating group) is 1. The molecule has 0 bridgehead atoms. The van der Waals surface area contributed by atoms with E-state index in [4.69, 9.17) is 0 Å². The number of rotatable bonds is 4. The van der Waals surface area contributed by atoms with Gasteiger partial charge in [-0.3, -0.25) is 9.69 Å². The van der Waals surface area contributed by atoms with Crippen molar-refractivity contribution in [1.29, 1.82) is 0 Å². The van der Waals surface area contributed by atoms with Crippen LogP contribution in [0.2, 0.25) is 0 Å². The predicted octanol–water partition coefficient (Wildman–Crippen LogP) is 3.89. The van der Waals surface area contributed by atoms with E-state index in [1.807, 2.05) is 41.5 Å². The SMILES string of the molecule is CC1c2ccsc2CCN1CC(=O)N(C)C(C)c1ccccc1. The number of fused-ring (bicyclic) bond motifs is 1. The van der Waals surface area contributed by atoms with E-state index < -0.39 is 0 Å². The standard InChI is InChI=1S/C19H24N2OS/c1-14(16-7-5-4-6-8-16)20(3)19(22)13-21-11-9-18-17(15(21)2)10-12-23-18/h4-8,10,12,14-15H,9,11,13H2,1-3H3. The van der Waals surface area contributed by atoms with Gasteiger partial charge in [0.05, 0.1) is 12.6 Å². The smallest absolute Gasteiger partial charge is 0.237 e. The normalized spacial score (nSPS) is 19.2. The van der Waals surface area contributed by atoms with Crippen molar-refractivity contribution >= 4 is 17.2 Å². The number of hydrogen-bond acceptors (Lipinski definition) is 3. The van der Waals surface area contributed by atoms with Crippen LogP contribution < -0.4 is 0 Å². The number of thiophene rings is 1. The van der Waals surface area contributed by atoms with Crippen molar-refractivity contribution in [2.45, 2.75) is 32.4 Å². The van der Waals surface area contributed by atoms with Crippen LogP contribution in [-0.2, 0) is 11.2 Å². The Balaban J connectivity index is 1.65. The average molecular weight is 328 g/mol. The summed E-state index contributed by atoms with van der Waals surface area (Å²) in [6.07, 6.45) is 1.06. The minimum atomic E-state index is 0.0977. The lowest BCUT2D eigenvalue weighted by atomic mass is 10.0. The van der Waals surface area contributed by atoms with Gasteiger partial charge in [-0.2, -0.15) is 0 Å². The summed E-state index contributed by atoms with van der Waals surface area (Å²) in [6.45, 7) is 5.75. The second-order valence-corrected chi connectivity index (χ2v) is 7.29. The third-order valence-electron chi connectivity index (χ3n) is 5.00. The molecule has 1 aliphatic heterocycles. The topological polar surface area (TPSA) is 23.6 Å². The lowest BCUT2D eigenvalue weighted by molar-refractivity contribution is -0.133. The molecule has 0 aliphatic carbocycles.